The van der Waals surface area contributed by atoms with Crippen molar-refractivity contribution in [1.82, 2.24) is 9.80 Å². The quantitative estimate of drug-likeness (QED) is 0.0654. The minimum atomic E-state index is -0.247. The summed E-state index contributed by atoms with van der Waals surface area (Å²) >= 11 is 0. The van der Waals surface area contributed by atoms with Gasteiger partial charge >= 0.3 is 0 Å². The van der Waals surface area contributed by atoms with Crippen LogP contribution >= 0.6 is 0 Å². The molecule has 10 nitrogen and oxygen atoms in total. The van der Waals surface area contributed by atoms with Crippen LogP contribution in [0.4, 0.5) is 0 Å². The minimum Gasteiger partial charge on any atom is -0.489 e. The van der Waals surface area contributed by atoms with Crippen LogP contribution in [0.5, 0.6) is 0 Å². The molecular weight excluding hydrogens is 660 g/mol. The highest BCUT2D eigenvalue weighted by Crippen LogP contribution is 2.30. The number of ether oxygens (including phenoxy) is 4. The molecule has 1 heterocycles. The number of nitrogens with zero attached hydrogens (tertiary/aromatic N) is 2. The fraction of sp³-hybridized carbons (Fsp3) is 0.714. The molecule has 292 valence electrons. The average molecular weight is 727 g/mol. The van der Waals surface area contributed by atoms with Crippen LogP contribution in [0.2, 0.25) is 0 Å². The van der Waals surface area contributed by atoms with E-state index in [-0.39, 0.29) is 46.2 Å². The van der Waals surface area contributed by atoms with Gasteiger partial charge in [0.2, 0.25) is 46.2 Å². The van der Waals surface area contributed by atoms with Gasteiger partial charge in [-0.2, -0.15) is 0 Å². The Morgan fingerprint density at radius 1 is 0.385 bits per heavy atom. The van der Waals surface area contributed by atoms with E-state index in [1.54, 1.807) is 13.8 Å². The second-order valence-electron chi connectivity index (χ2n) is 14.5. The Bertz CT molecular complexity index is 1250. The summed E-state index contributed by atoms with van der Waals surface area (Å²) in [5, 5.41) is 0. The van der Waals surface area contributed by atoms with Gasteiger partial charge in [-0.1, -0.05) is 77.0 Å². The molecule has 0 unspecified atom stereocenters. The third-order valence-electron chi connectivity index (χ3n) is 11.0. The predicted octanol–water partition coefficient (Wildman–Crippen LogP) is 7.57. The molecule has 3 rings (SSSR count). The predicted molar refractivity (Wildman–Crippen MR) is 204 cm³/mol. The maximum atomic E-state index is 12.8. The Labute approximate surface area is 313 Å². The first-order valence-corrected chi connectivity index (χ1v) is 19.9. The summed E-state index contributed by atoms with van der Waals surface area (Å²) in [6, 6.07) is 0. The third-order valence-corrected chi connectivity index (χ3v) is 11.0. The zero-order chi connectivity index (χ0) is 37.9. The molecule has 2 aliphatic carbocycles. The lowest BCUT2D eigenvalue weighted by Gasteiger charge is -2.34. The van der Waals surface area contributed by atoms with E-state index in [4.69, 9.17) is 18.9 Å². The third kappa shape index (κ3) is 12.4. The number of methoxy groups -OCH3 is 4. The van der Waals surface area contributed by atoms with Gasteiger partial charge in [-0.15, -0.1) is 0 Å². The monoisotopic (exact) mass is 726 g/mol. The van der Waals surface area contributed by atoms with Gasteiger partial charge in [0.25, 0.3) is 0 Å². The fourth-order valence-electron chi connectivity index (χ4n) is 7.62. The standard InChI is InChI=1S/C42H66N2O8/c1-31-33(37(47)41(51-5)39(49-3)35(31)45)23-19-15-11-7-9-13-17-21-25-43-27-29-44(30-28-43)26-22-18-14-10-8-12-16-20-24-34-32(2)36(46)40(50-4)42(52-6)38(34)48/h7-30H2,1-6H3. The fourth-order valence-corrected chi connectivity index (χ4v) is 7.62. The summed E-state index contributed by atoms with van der Waals surface area (Å²) < 4.78 is 20.6. The molecule has 0 saturated carbocycles. The smallest absolute Gasteiger partial charge is 0.228 e. The van der Waals surface area contributed by atoms with Crippen molar-refractivity contribution >= 4 is 23.1 Å². The van der Waals surface area contributed by atoms with Gasteiger partial charge in [0.05, 0.1) is 28.4 Å². The summed E-state index contributed by atoms with van der Waals surface area (Å²) in [5.41, 5.74) is 2.12. The van der Waals surface area contributed by atoms with Crippen LogP contribution in [0.3, 0.4) is 0 Å². The first kappa shape index (κ1) is 43.2. The second-order valence-corrected chi connectivity index (χ2v) is 14.5. The first-order valence-electron chi connectivity index (χ1n) is 19.9. The zero-order valence-corrected chi connectivity index (χ0v) is 33.1. The average Bonchev–Trinajstić information content (AvgIpc) is 3.15. The van der Waals surface area contributed by atoms with Gasteiger partial charge in [0.15, 0.2) is 0 Å². The summed E-state index contributed by atoms with van der Waals surface area (Å²) in [4.78, 5) is 55.8. The van der Waals surface area contributed by atoms with E-state index in [0.29, 0.717) is 35.1 Å². The van der Waals surface area contributed by atoms with Gasteiger partial charge in [0, 0.05) is 48.5 Å². The van der Waals surface area contributed by atoms with Crippen molar-refractivity contribution in [3.8, 4) is 0 Å². The van der Waals surface area contributed by atoms with Crippen LogP contribution in [-0.4, -0.2) is 101 Å². The number of ketones is 4. The Balaban J connectivity index is 1.11. The van der Waals surface area contributed by atoms with E-state index in [9.17, 15) is 19.2 Å². The van der Waals surface area contributed by atoms with Crippen LogP contribution in [-0.2, 0) is 38.1 Å². The maximum absolute atomic E-state index is 12.8. The van der Waals surface area contributed by atoms with Gasteiger partial charge in [0.1, 0.15) is 0 Å². The number of hydrogen-bond donors (Lipinski definition) is 0. The Hall–Kier alpha value is -3.24. The lowest BCUT2D eigenvalue weighted by atomic mass is 9.89. The molecule has 1 aliphatic heterocycles. The van der Waals surface area contributed by atoms with Gasteiger partial charge in [-0.05, 0) is 65.5 Å². The number of carbonyl (C=O) groups excluding carboxylic acids is 4. The lowest BCUT2D eigenvalue weighted by Crippen LogP contribution is -2.46. The molecule has 10 heteroatoms. The molecule has 0 aromatic heterocycles. The molecule has 0 N–H and O–H groups in total. The summed E-state index contributed by atoms with van der Waals surface area (Å²) in [5.74, 6) is -0.837. The van der Waals surface area contributed by atoms with Crippen molar-refractivity contribution in [2.75, 3.05) is 67.7 Å². The highest BCUT2D eigenvalue weighted by molar-refractivity contribution is 6.24. The second kappa shape index (κ2) is 23.4. The zero-order valence-electron chi connectivity index (χ0n) is 33.1. The minimum absolute atomic E-state index is 0.0133. The number of piperazine rings is 1. The van der Waals surface area contributed by atoms with Crippen LogP contribution in [0.15, 0.2) is 45.3 Å². The van der Waals surface area contributed by atoms with Crippen molar-refractivity contribution in [2.45, 2.75) is 129 Å². The largest absolute Gasteiger partial charge is 0.489 e. The Morgan fingerprint density at radius 2 is 0.635 bits per heavy atom. The number of hydrogen-bond acceptors (Lipinski definition) is 10. The van der Waals surface area contributed by atoms with Crippen LogP contribution in [0, 0.1) is 0 Å². The van der Waals surface area contributed by atoms with Gasteiger partial charge < -0.3 is 28.7 Å². The van der Waals surface area contributed by atoms with Crippen molar-refractivity contribution in [3.63, 3.8) is 0 Å². The van der Waals surface area contributed by atoms with Crippen LogP contribution < -0.4 is 0 Å². The van der Waals surface area contributed by atoms with E-state index in [0.717, 1.165) is 38.5 Å². The van der Waals surface area contributed by atoms with Crippen molar-refractivity contribution in [1.29, 1.82) is 0 Å². The lowest BCUT2D eigenvalue weighted by molar-refractivity contribution is -0.121. The van der Waals surface area contributed by atoms with Crippen molar-refractivity contribution in [2.24, 2.45) is 0 Å². The number of rotatable bonds is 26. The highest BCUT2D eigenvalue weighted by Gasteiger charge is 2.35. The van der Waals surface area contributed by atoms with Crippen LogP contribution in [0.1, 0.15) is 129 Å². The van der Waals surface area contributed by atoms with E-state index in [1.165, 1.54) is 132 Å². The molecule has 0 spiro atoms. The molecule has 0 aromatic rings. The SMILES string of the molecule is COC1=C(OC)C(=O)C(CCCCCCCCCCN2CCN(CCCCCCCCCCC3=C(C)C(=O)C(OC)=C(OC)C3=O)CC2)=C(C)C1=O. The van der Waals surface area contributed by atoms with Crippen molar-refractivity contribution in [3.05, 3.63) is 45.3 Å². The molecule has 0 aromatic carbocycles. The van der Waals surface area contributed by atoms with E-state index < -0.39 is 0 Å². The summed E-state index contributed by atoms with van der Waals surface area (Å²) in [6.45, 7) is 10.6. The molecule has 3 aliphatic rings. The van der Waals surface area contributed by atoms with Gasteiger partial charge in [-0.25, -0.2) is 0 Å². The van der Waals surface area contributed by atoms with E-state index in [2.05, 4.69) is 9.80 Å². The van der Waals surface area contributed by atoms with Gasteiger partial charge in [-0.3, -0.25) is 19.2 Å². The Kier molecular flexibility index (Phi) is 19.5. The normalized spacial score (nSPS) is 18.0. The number of Topliss-reactive ketones (excluding diaryl/α,β-unsaturated/α-hetero) is 4. The Morgan fingerprint density at radius 3 is 0.923 bits per heavy atom. The molecule has 0 bridgehead atoms. The topological polar surface area (TPSA) is 112 Å². The molecule has 0 radical (unpaired) electrons. The number of allylic oxidation sites excluding steroid dienone is 4. The van der Waals surface area contributed by atoms with E-state index >= 15 is 0 Å². The number of carbonyl (C=O) groups is 4. The number of unbranched alkanes of at least 4 members (excludes halogenated alkanes) is 14. The van der Waals surface area contributed by atoms with Crippen LogP contribution in [0.25, 0.3) is 0 Å². The molecule has 52 heavy (non-hydrogen) atoms. The summed E-state index contributed by atoms with van der Waals surface area (Å²) in [6.07, 6.45) is 20.1. The molecular formula is C42H66N2O8. The first-order chi connectivity index (χ1) is 25.2. The van der Waals surface area contributed by atoms with Crippen molar-refractivity contribution < 1.29 is 38.1 Å². The van der Waals surface area contributed by atoms with E-state index in [1.807, 2.05) is 0 Å². The highest BCUT2D eigenvalue weighted by atomic mass is 16.5. The molecule has 1 saturated heterocycles. The summed E-state index contributed by atoms with van der Waals surface area (Å²) in [7, 11) is 5.59. The molecule has 0 amide bonds. The molecule has 1 fully saturated rings. The maximum Gasteiger partial charge on any atom is 0.228 e. The molecule has 0 atom stereocenters.